The molecule has 0 amide bonds. The summed E-state index contributed by atoms with van der Waals surface area (Å²) in [6, 6.07) is 44.0. The van der Waals surface area contributed by atoms with Crippen molar-refractivity contribution in [2.75, 3.05) is 13.1 Å². The van der Waals surface area contributed by atoms with Gasteiger partial charge in [-0.1, -0.05) is 121 Å². The van der Waals surface area contributed by atoms with E-state index < -0.39 is 0 Å². The van der Waals surface area contributed by atoms with Crippen molar-refractivity contribution >= 4 is 0 Å². The summed E-state index contributed by atoms with van der Waals surface area (Å²) in [4.78, 5) is 4.07. The van der Waals surface area contributed by atoms with Crippen molar-refractivity contribution < 1.29 is 0 Å². The van der Waals surface area contributed by atoms with Gasteiger partial charge in [-0.2, -0.15) is 0 Å². The molecule has 0 saturated heterocycles. The maximum atomic E-state index is 4.07. The fraction of sp³-hybridized carbons (Fsp3) is 0.176. The molecule has 37 heavy (non-hydrogen) atoms. The highest BCUT2D eigenvalue weighted by Crippen LogP contribution is 2.47. The summed E-state index contributed by atoms with van der Waals surface area (Å²) < 4.78 is 0. The summed E-state index contributed by atoms with van der Waals surface area (Å²) in [6.07, 6.45) is 0. The van der Waals surface area contributed by atoms with Crippen molar-refractivity contribution in [2.45, 2.75) is 23.9 Å². The molecule has 0 radical (unpaired) electrons. The first-order chi connectivity index (χ1) is 18.4. The minimum Gasteiger partial charge on any atom is -0.361 e. The number of hydrogen-bond donors (Lipinski definition) is 3. The highest BCUT2D eigenvalue weighted by atomic mass is 15.0. The van der Waals surface area contributed by atoms with E-state index in [1.54, 1.807) is 0 Å². The van der Waals surface area contributed by atoms with Gasteiger partial charge in [0.05, 0.1) is 12.1 Å². The number of fused-ring (bicyclic) bond motifs is 3. The number of hydrogen-bond acceptors (Lipinski definition) is 2. The molecule has 4 atom stereocenters. The SMILES string of the molecule is c1ccc([C@H]2CN[C@H](c3ccccc3)c3c2[nH]c2c3[C@H](c3ccccc3)NC[C@H]2c2ccccc2)cc1. The number of H-pyrrole nitrogens is 1. The molecule has 3 heteroatoms. The summed E-state index contributed by atoms with van der Waals surface area (Å²) in [5.74, 6) is 0.546. The third-order valence-electron chi connectivity index (χ3n) is 8.14. The molecule has 7 rings (SSSR count). The summed E-state index contributed by atoms with van der Waals surface area (Å²) in [5.41, 5.74) is 10.8. The highest BCUT2D eigenvalue weighted by Gasteiger charge is 2.40. The molecule has 0 aliphatic carbocycles. The normalized spacial score (nSPS) is 22.7. The molecule has 2 aliphatic heterocycles. The quantitative estimate of drug-likeness (QED) is 0.268. The Morgan fingerprint density at radius 2 is 0.730 bits per heavy atom. The highest BCUT2D eigenvalue weighted by molar-refractivity contribution is 5.56. The van der Waals surface area contributed by atoms with Gasteiger partial charge in [0.1, 0.15) is 0 Å². The Labute approximate surface area is 218 Å². The third-order valence-corrected chi connectivity index (χ3v) is 8.14. The predicted molar refractivity (Wildman–Crippen MR) is 150 cm³/mol. The second-order valence-corrected chi connectivity index (χ2v) is 10.2. The van der Waals surface area contributed by atoms with Gasteiger partial charge in [0.2, 0.25) is 0 Å². The summed E-state index contributed by atoms with van der Waals surface area (Å²) >= 11 is 0. The first-order valence-corrected chi connectivity index (χ1v) is 13.3. The van der Waals surface area contributed by atoms with E-state index in [0.717, 1.165) is 13.1 Å². The molecule has 2 aliphatic rings. The Morgan fingerprint density at radius 1 is 0.405 bits per heavy atom. The zero-order valence-corrected chi connectivity index (χ0v) is 20.8. The van der Waals surface area contributed by atoms with Crippen molar-refractivity contribution in [1.82, 2.24) is 15.6 Å². The molecule has 3 N–H and O–H groups in total. The van der Waals surface area contributed by atoms with Crippen LogP contribution in [0.3, 0.4) is 0 Å². The van der Waals surface area contributed by atoms with Crippen LogP contribution in [-0.4, -0.2) is 18.1 Å². The first-order valence-electron chi connectivity index (χ1n) is 13.3. The Bertz CT molecular complexity index is 1360. The first kappa shape index (κ1) is 22.3. The van der Waals surface area contributed by atoms with Crippen molar-refractivity contribution in [3.8, 4) is 0 Å². The minimum atomic E-state index is 0.138. The second-order valence-electron chi connectivity index (χ2n) is 10.2. The van der Waals surface area contributed by atoms with Crippen LogP contribution in [0.4, 0.5) is 0 Å². The Balaban J connectivity index is 1.48. The number of nitrogens with one attached hydrogen (secondary N) is 3. The molecule has 0 bridgehead atoms. The summed E-state index contributed by atoms with van der Waals surface area (Å²) in [5, 5.41) is 7.91. The van der Waals surface area contributed by atoms with Gasteiger partial charge in [-0.05, 0) is 22.3 Å². The van der Waals surface area contributed by atoms with Gasteiger partial charge in [0.25, 0.3) is 0 Å². The zero-order valence-electron chi connectivity index (χ0n) is 20.8. The van der Waals surface area contributed by atoms with Crippen molar-refractivity contribution in [2.24, 2.45) is 0 Å². The van der Waals surface area contributed by atoms with Gasteiger partial charge >= 0.3 is 0 Å². The lowest BCUT2D eigenvalue weighted by Gasteiger charge is -2.35. The van der Waals surface area contributed by atoms with Crippen LogP contribution in [-0.2, 0) is 0 Å². The summed E-state index contributed by atoms with van der Waals surface area (Å²) in [6.45, 7) is 1.80. The standard InChI is InChI=1S/C34H31N3/c1-5-13-23(14-6-1)27-21-35-31(25-17-9-3-10-18-25)29-30-32(26-19-11-4-12-20-26)36-22-28(34(30)37-33(27)29)24-15-7-2-8-16-24/h1-20,27-28,31-32,35-37H,21-22H2/t27-,28+,31-,32+. The molecule has 1 aromatic heterocycles. The molecule has 0 saturated carbocycles. The van der Waals surface area contributed by atoms with E-state index in [4.69, 9.17) is 0 Å². The maximum Gasteiger partial charge on any atom is 0.0598 e. The van der Waals surface area contributed by atoms with Crippen LogP contribution in [0.15, 0.2) is 121 Å². The monoisotopic (exact) mass is 481 g/mol. The topological polar surface area (TPSA) is 39.9 Å². The van der Waals surface area contributed by atoms with Gasteiger partial charge in [0, 0.05) is 47.4 Å². The van der Waals surface area contributed by atoms with E-state index in [1.807, 2.05) is 0 Å². The average molecular weight is 482 g/mol. The number of aromatic amines is 1. The van der Waals surface area contributed by atoms with Crippen LogP contribution in [0.25, 0.3) is 0 Å². The second kappa shape index (κ2) is 9.51. The molecule has 0 unspecified atom stereocenters. The van der Waals surface area contributed by atoms with E-state index in [1.165, 1.54) is 44.8 Å². The third kappa shape index (κ3) is 3.92. The van der Waals surface area contributed by atoms with Crippen LogP contribution in [0.2, 0.25) is 0 Å². The molecule has 3 nitrogen and oxygen atoms in total. The van der Waals surface area contributed by atoms with Crippen LogP contribution in [0, 0.1) is 0 Å². The van der Waals surface area contributed by atoms with Crippen LogP contribution < -0.4 is 10.6 Å². The largest absolute Gasteiger partial charge is 0.361 e. The van der Waals surface area contributed by atoms with E-state index in [0.29, 0.717) is 0 Å². The van der Waals surface area contributed by atoms with Crippen molar-refractivity contribution in [3.63, 3.8) is 0 Å². The molecular weight excluding hydrogens is 450 g/mol. The van der Waals surface area contributed by atoms with Gasteiger partial charge < -0.3 is 15.6 Å². The van der Waals surface area contributed by atoms with E-state index in [9.17, 15) is 0 Å². The molecule has 4 aromatic carbocycles. The number of benzene rings is 4. The van der Waals surface area contributed by atoms with E-state index in [2.05, 4.69) is 137 Å². The molecule has 0 fully saturated rings. The molecule has 3 heterocycles. The Kier molecular flexibility index (Phi) is 5.73. The molecule has 182 valence electrons. The van der Waals surface area contributed by atoms with Crippen molar-refractivity contribution in [1.29, 1.82) is 0 Å². The minimum absolute atomic E-state index is 0.138. The summed E-state index contributed by atoms with van der Waals surface area (Å²) in [7, 11) is 0. The van der Waals surface area contributed by atoms with Crippen LogP contribution >= 0.6 is 0 Å². The van der Waals surface area contributed by atoms with E-state index >= 15 is 0 Å². The number of aromatic nitrogens is 1. The lowest BCUT2D eigenvalue weighted by molar-refractivity contribution is 0.503. The Hall–Kier alpha value is -3.92. The fourth-order valence-electron chi connectivity index (χ4n) is 6.42. The molecule has 5 aromatic rings. The predicted octanol–water partition coefficient (Wildman–Crippen LogP) is 6.66. The smallest absolute Gasteiger partial charge is 0.0598 e. The van der Waals surface area contributed by atoms with Crippen LogP contribution in [0.5, 0.6) is 0 Å². The molecule has 0 spiro atoms. The van der Waals surface area contributed by atoms with Crippen molar-refractivity contribution in [3.05, 3.63) is 166 Å². The zero-order chi connectivity index (χ0) is 24.6. The van der Waals surface area contributed by atoms with Gasteiger partial charge in [-0.3, -0.25) is 0 Å². The Morgan fingerprint density at radius 3 is 1.08 bits per heavy atom. The lowest BCUT2D eigenvalue weighted by Crippen LogP contribution is -2.37. The van der Waals surface area contributed by atoms with Crippen LogP contribution in [0.1, 0.15) is 68.7 Å². The fourth-order valence-corrected chi connectivity index (χ4v) is 6.42. The van der Waals surface area contributed by atoms with Gasteiger partial charge in [0.15, 0.2) is 0 Å². The number of rotatable bonds is 4. The maximum absolute atomic E-state index is 4.07. The van der Waals surface area contributed by atoms with Gasteiger partial charge in [-0.25, -0.2) is 0 Å². The van der Waals surface area contributed by atoms with Gasteiger partial charge in [-0.15, -0.1) is 0 Å². The lowest BCUT2D eigenvalue weighted by atomic mass is 9.78. The molecular formula is C34H31N3. The average Bonchev–Trinajstić information content (AvgIpc) is 3.39. The van der Waals surface area contributed by atoms with E-state index in [-0.39, 0.29) is 23.9 Å².